The van der Waals surface area contributed by atoms with Gasteiger partial charge < -0.3 is 10.6 Å². The standard InChI is InChI=1S/C19H30N2O2/c1-11(22)20-10-16-6-14-5-15-4-3-13-7-17(15)19(9-14,18(16)8-13)21-12(2)23/h13-18H,3-10H2,1-2H3,(H,20,22)(H,21,23). The third-order valence-corrected chi connectivity index (χ3v) is 7.50. The lowest BCUT2D eigenvalue weighted by molar-refractivity contribution is -0.146. The minimum absolute atomic E-state index is 0.0255. The summed E-state index contributed by atoms with van der Waals surface area (Å²) in [7, 11) is 0. The lowest BCUT2D eigenvalue weighted by atomic mass is 9.43. The van der Waals surface area contributed by atoms with Gasteiger partial charge in [-0.3, -0.25) is 9.59 Å². The monoisotopic (exact) mass is 318 g/mol. The maximum absolute atomic E-state index is 12.0. The highest BCUT2D eigenvalue weighted by molar-refractivity contribution is 5.74. The van der Waals surface area contributed by atoms with Crippen LogP contribution in [0.5, 0.6) is 0 Å². The van der Waals surface area contributed by atoms with Crippen LogP contribution in [0, 0.1) is 35.5 Å². The molecule has 2 amide bonds. The number of hydrogen-bond acceptors (Lipinski definition) is 2. The molecule has 7 atom stereocenters. The van der Waals surface area contributed by atoms with Gasteiger partial charge in [0.2, 0.25) is 11.8 Å². The highest BCUT2D eigenvalue weighted by Gasteiger charge is 2.62. The Labute approximate surface area is 139 Å². The maximum atomic E-state index is 12.0. The van der Waals surface area contributed by atoms with Crippen LogP contribution in [0.3, 0.4) is 0 Å². The fraction of sp³-hybridized carbons (Fsp3) is 0.895. The first kappa shape index (κ1) is 15.5. The van der Waals surface area contributed by atoms with Crippen molar-refractivity contribution in [3.05, 3.63) is 0 Å². The largest absolute Gasteiger partial charge is 0.356 e. The summed E-state index contributed by atoms with van der Waals surface area (Å²) in [6, 6.07) is 0. The van der Waals surface area contributed by atoms with Crippen LogP contribution in [0.2, 0.25) is 0 Å². The summed E-state index contributed by atoms with van der Waals surface area (Å²) in [5.74, 6) is 4.38. The van der Waals surface area contributed by atoms with Crippen molar-refractivity contribution in [3.8, 4) is 0 Å². The van der Waals surface area contributed by atoms with Gasteiger partial charge in [0.15, 0.2) is 0 Å². The van der Waals surface area contributed by atoms with Crippen LogP contribution >= 0.6 is 0 Å². The molecule has 0 aromatic carbocycles. The number of fused-ring (bicyclic) bond motifs is 2. The first-order valence-electron chi connectivity index (χ1n) is 9.51. The summed E-state index contributed by atoms with van der Waals surface area (Å²) in [4.78, 5) is 23.4. The normalized spacial score (nSPS) is 47.0. The second-order valence-corrected chi connectivity index (χ2v) is 8.85. The zero-order chi connectivity index (χ0) is 16.2. The molecule has 0 spiro atoms. The molecule has 4 aliphatic rings. The molecule has 4 rings (SSSR count). The molecule has 4 saturated carbocycles. The third kappa shape index (κ3) is 2.49. The molecule has 4 heteroatoms. The third-order valence-electron chi connectivity index (χ3n) is 7.50. The summed E-state index contributed by atoms with van der Waals surface area (Å²) in [5.41, 5.74) is 0.0255. The molecule has 7 unspecified atom stereocenters. The van der Waals surface area contributed by atoms with Crippen molar-refractivity contribution in [2.75, 3.05) is 6.54 Å². The number of hydrogen-bond donors (Lipinski definition) is 2. The Morgan fingerprint density at radius 2 is 1.74 bits per heavy atom. The quantitative estimate of drug-likeness (QED) is 0.840. The van der Waals surface area contributed by atoms with Crippen molar-refractivity contribution in [1.82, 2.24) is 10.6 Å². The average Bonchev–Trinajstić information content (AvgIpc) is 2.49. The number of amides is 2. The van der Waals surface area contributed by atoms with E-state index in [9.17, 15) is 9.59 Å². The maximum Gasteiger partial charge on any atom is 0.217 e. The predicted molar refractivity (Wildman–Crippen MR) is 88.5 cm³/mol. The summed E-state index contributed by atoms with van der Waals surface area (Å²) < 4.78 is 0. The van der Waals surface area contributed by atoms with Crippen molar-refractivity contribution in [1.29, 1.82) is 0 Å². The lowest BCUT2D eigenvalue weighted by Gasteiger charge is -2.66. The second-order valence-electron chi connectivity index (χ2n) is 8.85. The van der Waals surface area contributed by atoms with E-state index in [1.54, 1.807) is 13.8 Å². The molecule has 4 fully saturated rings. The summed E-state index contributed by atoms with van der Waals surface area (Å²) >= 11 is 0. The van der Waals surface area contributed by atoms with Crippen LogP contribution in [0.4, 0.5) is 0 Å². The van der Waals surface area contributed by atoms with Crippen molar-refractivity contribution in [2.24, 2.45) is 35.5 Å². The van der Waals surface area contributed by atoms with Gasteiger partial charge in [0.1, 0.15) is 0 Å². The minimum atomic E-state index is 0.0255. The average molecular weight is 318 g/mol. The molecule has 4 aliphatic carbocycles. The van der Waals surface area contributed by atoms with Crippen molar-refractivity contribution >= 4 is 11.8 Å². The van der Waals surface area contributed by atoms with Gasteiger partial charge in [-0.2, -0.15) is 0 Å². The zero-order valence-corrected chi connectivity index (χ0v) is 14.4. The zero-order valence-electron chi connectivity index (χ0n) is 14.4. The molecule has 2 N–H and O–H groups in total. The molecule has 0 aliphatic heterocycles. The fourth-order valence-corrected chi connectivity index (χ4v) is 7.03. The molecule has 0 heterocycles. The van der Waals surface area contributed by atoms with Gasteiger partial charge in [-0.05, 0) is 74.0 Å². The number of nitrogens with one attached hydrogen (secondary N) is 2. The van der Waals surface area contributed by atoms with Gasteiger partial charge in [-0.1, -0.05) is 6.42 Å². The number of carbonyl (C=O) groups excluding carboxylic acids is 2. The molecule has 0 aromatic rings. The van der Waals surface area contributed by atoms with Crippen LogP contribution in [0.25, 0.3) is 0 Å². The predicted octanol–water partition coefficient (Wildman–Crippen LogP) is 2.48. The van der Waals surface area contributed by atoms with Gasteiger partial charge in [0.25, 0.3) is 0 Å². The SMILES string of the molecule is CC(=O)NCC1CC2CC3CCC4CC3C(NC(C)=O)(C2)C1C4. The first-order valence-corrected chi connectivity index (χ1v) is 9.51. The van der Waals surface area contributed by atoms with Crippen molar-refractivity contribution < 1.29 is 9.59 Å². The van der Waals surface area contributed by atoms with E-state index in [1.165, 1.54) is 44.9 Å². The summed E-state index contributed by atoms with van der Waals surface area (Å²) in [5, 5.41) is 6.55. The van der Waals surface area contributed by atoms with E-state index < -0.39 is 0 Å². The molecular weight excluding hydrogens is 288 g/mol. The van der Waals surface area contributed by atoms with Crippen LogP contribution < -0.4 is 10.6 Å². The molecule has 0 saturated heterocycles. The molecule has 0 radical (unpaired) electrons. The van der Waals surface area contributed by atoms with Crippen molar-refractivity contribution in [2.45, 2.75) is 64.3 Å². The first-order chi connectivity index (χ1) is 11.0. The van der Waals surface area contributed by atoms with E-state index in [0.717, 1.165) is 24.3 Å². The second kappa shape index (κ2) is 5.49. The smallest absolute Gasteiger partial charge is 0.217 e. The van der Waals surface area contributed by atoms with Gasteiger partial charge in [0.05, 0.1) is 0 Å². The lowest BCUT2D eigenvalue weighted by Crippen LogP contribution is -2.70. The van der Waals surface area contributed by atoms with Crippen LogP contribution in [-0.4, -0.2) is 23.9 Å². The summed E-state index contributed by atoms with van der Waals surface area (Å²) in [6.07, 6.45) is 9.09. The van der Waals surface area contributed by atoms with Crippen LogP contribution in [-0.2, 0) is 9.59 Å². The van der Waals surface area contributed by atoms with E-state index in [2.05, 4.69) is 10.6 Å². The Kier molecular flexibility index (Phi) is 3.69. The Morgan fingerprint density at radius 1 is 0.957 bits per heavy atom. The van der Waals surface area contributed by atoms with Gasteiger partial charge in [-0.15, -0.1) is 0 Å². The van der Waals surface area contributed by atoms with E-state index in [0.29, 0.717) is 17.8 Å². The molecule has 4 bridgehead atoms. The topological polar surface area (TPSA) is 58.2 Å². The van der Waals surface area contributed by atoms with Gasteiger partial charge in [0, 0.05) is 25.9 Å². The molecule has 23 heavy (non-hydrogen) atoms. The molecule has 4 nitrogen and oxygen atoms in total. The molecular formula is C19H30N2O2. The van der Waals surface area contributed by atoms with Crippen LogP contribution in [0.15, 0.2) is 0 Å². The van der Waals surface area contributed by atoms with Crippen molar-refractivity contribution in [3.63, 3.8) is 0 Å². The summed E-state index contributed by atoms with van der Waals surface area (Å²) in [6.45, 7) is 4.09. The fourth-order valence-electron chi connectivity index (χ4n) is 7.03. The Balaban J connectivity index is 1.68. The Bertz CT molecular complexity index is 519. The number of carbonyl (C=O) groups is 2. The molecule has 0 aromatic heterocycles. The van der Waals surface area contributed by atoms with Gasteiger partial charge in [-0.25, -0.2) is 0 Å². The minimum Gasteiger partial charge on any atom is -0.356 e. The van der Waals surface area contributed by atoms with E-state index in [1.807, 2.05) is 0 Å². The number of rotatable bonds is 3. The van der Waals surface area contributed by atoms with E-state index in [4.69, 9.17) is 0 Å². The van der Waals surface area contributed by atoms with Crippen LogP contribution in [0.1, 0.15) is 58.8 Å². The Hall–Kier alpha value is -1.06. The van der Waals surface area contributed by atoms with Gasteiger partial charge >= 0.3 is 0 Å². The Morgan fingerprint density at radius 3 is 2.48 bits per heavy atom. The van der Waals surface area contributed by atoms with E-state index >= 15 is 0 Å². The highest BCUT2D eigenvalue weighted by atomic mass is 16.2. The highest BCUT2D eigenvalue weighted by Crippen LogP contribution is 2.63. The molecule has 128 valence electrons. The van der Waals surface area contributed by atoms with E-state index in [-0.39, 0.29) is 17.4 Å².